The lowest BCUT2D eigenvalue weighted by Crippen LogP contribution is -2.32. The molecule has 0 aromatic carbocycles. The first-order valence-electron chi connectivity index (χ1n) is 10.6. The van der Waals surface area contributed by atoms with Crippen LogP contribution in [0.2, 0.25) is 0 Å². The van der Waals surface area contributed by atoms with Crippen molar-refractivity contribution < 1.29 is 24.2 Å². The monoisotopic (exact) mass is 378 g/mol. The molecule has 5 nitrogen and oxygen atoms in total. The molecule has 2 aliphatic heterocycles. The number of carbonyl (C=O) groups is 2. The van der Waals surface area contributed by atoms with Crippen molar-refractivity contribution in [2.24, 2.45) is 5.92 Å². The highest BCUT2D eigenvalue weighted by Gasteiger charge is 2.32. The Labute approximate surface area is 162 Å². The Hall–Kier alpha value is -1.62. The number of aliphatic hydroxyl groups is 1. The van der Waals surface area contributed by atoms with Gasteiger partial charge in [0.05, 0.1) is 6.10 Å². The Morgan fingerprint density at radius 1 is 0.852 bits per heavy atom. The summed E-state index contributed by atoms with van der Waals surface area (Å²) in [6.45, 7) is 2.23. The fourth-order valence-electron chi connectivity index (χ4n) is 3.81. The Kier molecular flexibility index (Phi) is 9.60. The second-order valence-corrected chi connectivity index (χ2v) is 7.70. The minimum absolute atomic E-state index is 0.0416. The lowest BCUT2D eigenvalue weighted by molar-refractivity contribution is -0.144. The number of ether oxygens (including phenoxy) is 2. The Morgan fingerprint density at radius 2 is 1.37 bits per heavy atom. The maximum Gasteiger partial charge on any atom is 0.331 e. The lowest BCUT2D eigenvalue weighted by Gasteiger charge is -2.26. The van der Waals surface area contributed by atoms with Gasteiger partial charge < -0.3 is 14.6 Å². The Bertz CT molecular complexity index is 525. The first kappa shape index (κ1) is 21.7. The molecule has 152 valence electrons. The van der Waals surface area contributed by atoms with Crippen molar-refractivity contribution in [3.63, 3.8) is 0 Å². The summed E-state index contributed by atoms with van der Waals surface area (Å²) in [5.41, 5.74) is 0. The van der Waals surface area contributed by atoms with Gasteiger partial charge in [-0.2, -0.15) is 0 Å². The summed E-state index contributed by atoms with van der Waals surface area (Å²) in [5.74, 6) is -0.694. The maximum atomic E-state index is 11.4. The third-order valence-corrected chi connectivity index (χ3v) is 5.42. The van der Waals surface area contributed by atoms with Crippen molar-refractivity contribution in [1.82, 2.24) is 0 Å². The number of hydrogen-bond donors (Lipinski definition) is 1. The number of hydrogen-bond acceptors (Lipinski definition) is 5. The second kappa shape index (κ2) is 12.0. The fourth-order valence-corrected chi connectivity index (χ4v) is 3.81. The lowest BCUT2D eigenvalue weighted by atomic mass is 9.88. The normalized spacial score (nSPS) is 23.5. The molecular formula is C22H34O5. The van der Waals surface area contributed by atoms with E-state index in [1.54, 1.807) is 12.2 Å². The summed E-state index contributed by atoms with van der Waals surface area (Å²) in [6.07, 6.45) is 17.2. The topological polar surface area (TPSA) is 72.8 Å². The number of aliphatic hydroxyl groups excluding tert-OH is 1. The van der Waals surface area contributed by atoms with Gasteiger partial charge >= 0.3 is 11.9 Å². The van der Waals surface area contributed by atoms with Gasteiger partial charge in [0.2, 0.25) is 0 Å². The van der Waals surface area contributed by atoms with Crippen molar-refractivity contribution in [2.75, 3.05) is 0 Å². The molecule has 2 aliphatic rings. The van der Waals surface area contributed by atoms with Gasteiger partial charge in [0.15, 0.2) is 0 Å². The van der Waals surface area contributed by atoms with Crippen molar-refractivity contribution in [1.29, 1.82) is 0 Å². The van der Waals surface area contributed by atoms with Gasteiger partial charge in [0.25, 0.3) is 0 Å². The van der Waals surface area contributed by atoms with Gasteiger partial charge in [-0.15, -0.1) is 0 Å². The molecule has 1 N–H and O–H groups in total. The fraction of sp³-hybridized carbons (Fsp3) is 0.727. The predicted molar refractivity (Wildman–Crippen MR) is 104 cm³/mol. The average Bonchev–Trinajstić information content (AvgIpc) is 3.27. The molecule has 0 bridgehead atoms. The van der Waals surface area contributed by atoms with E-state index < -0.39 is 18.2 Å². The molecular weight excluding hydrogens is 344 g/mol. The standard InChI is InChI=1S/C22H34O5/c1-2-3-4-5-6-7-8-9-10-11-17(19-12-14-21(24)26-19)16-18(23)20-13-15-22(25)27-20/h12-15,17-20,23H,2-11,16H2,1H3. The Morgan fingerprint density at radius 3 is 1.89 bits per heavy atom. The van der Waals surface area contributed by atoms with Crippen molar-refractivity contribution in [3.05, 3.63) is 24.3 Å². The Balaban J connectivity index is 1.69. The van der Waals surface area contributed by atoms with Gasteiger partial charge in [0, 0.05) is 18.1 Å². The van der Waals surface area contributed by atoms with Gasteiger partial charge in [0.1, 0.15) is 12.2 Å². The van der Waals surface area contributed by atoms with E-state index in [2.05, 4.69) is 6.92 Å². The minimum Gasteiger partial charge on any atom is -0.455 e. The van der Waals surface area contributed by atoms with E-state index in [0.29, 0.717) is 6.42 Å². The maximum absolute atomic E-state index is 11.4. The summed E-state index contributed by atoms with van der Waals surface area (Å²) < 4.78 is 10.4. The van der Waals surface area contributed by atoms with Crippen molar-refractivity contribution >= 4 is 11.9 Å². The van der Waals surface area contributed by atoms with Gasteiger partial charge in [-0.3, -0.25) is 0 Å². The number of cyclic esters (lactones) is 2. The zero-order valence-corrected chi connectivity index (χ0v) is 16.5. The molecule has 0 aliphatic carbocycles. The molecule has 2 rings (SSSR count). The van der Waals surface area contributed by atoms with Crippen LogP contribution in [0.3, 0.4) is 0 Å². The van der Waals surface area contributed by atoms with Crippen LogP contribution in [0.4, 0.5) is 0 Å². The van der Waals surface area contributed by atoms with E-state index in [1.807, 2.05) is 0 Å². The van der Waals surface area contributed by atoms with Gasteiger partial charge in [-0.1, -0.05) is 64.7 Å². The van der Waals surface area contributed by atoms with E-state index in [1.165, 1.54) is 57.1 Å². The summed E-state index contributed by atoms with van der Waals surface area (Å²) in [6, 6.07) is 0. The number of unbranched alkanes of at least 4 members (excludes halogenated alkanes) is 8. The molecule has 0 spiro atoms. The van der Waals surface area contributed by atoms with Crippen LogP contribution in [0.1, 0.15) is 77.6 Å². The van der Waals surface area contributed by atoms with Crippen molar-refractivity contribution in [3.8, 4) is 0 Å². The molecule has 0 amide bonds. The van der Waals surface area contributed by atoms with Crippen LogP contribution in [0.25, 0.3) is 0 Å². The van der Waals surface area contributed by atoms with Crippen LogP contribution in [-0.2, 0) is 19.1 Å². The zero-order valence-electron chi connectivity index (χ0n) is 16.5. The number of rotatable bonds is 14. The molecule has 4 unspecified atom stereocenters. The highest BCUT2D eigenvalue weighted by molar-refractivity contribution is 5.84. The van der Waals surface area contributed by atoms with Crippen LogP contribution < -0.4 is 0 Å². The summed E-state index contributed by atoms with van der Waals surface area (Å²) in [7, 11) is 0. The van der Waals surface area contributed by atoms with Crippen LogP contribution >= 0.6 is 0 Å². The second-order valence-electron chi connectivity index (χ2n) is 7.70. The molecule has 0 fully saturated rings. The van der Waals surface area contributed by atoms with Crippen LogP contribution in [-0.4, -0.2) is 35.4 Å². The smallest absolute Gasteiger partial charge is 0.331 e. The van der Waals surface area contributed by atoms with Crippen LogP contribution in [0, 0.1) is 5.92 Å². The first-order valence-corrected chi connectivity index (χ1v) is 10.6. The van der Waals surface area contributed by atoms with Gasteiger partial charge in [-0.05, 0) is 25.0 Å². The molecule has 0 aromatic rings. The molecule has 2 heterocycles. The quantitative estimate of drug-likeness (QED) is 0.362. The zero-order chi connectivity index (χ0) is 19.5. The summed E-state index contributed by atoms with van der Waals surface area (Å²) in [4.78, 5) is 22.6. The van der Waals surface area contributed by atoms with E-state index in [0.717, 1.165) is 19.3 Å². The molecule has 27 heavy (non-hydrogen) atoms. The van der Waals surface area contributed by atoms with Crippen LogP contribution in [0.5, 0.6) is 0 Å². The highest BCUT2D eigenvalue weighted by atomic mass is 16.6. The van der Waals surface area contributed by atoms with E-state index in [4.69, 9.17) is 9.47 Å². The van der Waals surface area contributed by atoms with Crippen LogP contribution in [0.15, 0.2) is 24.3 Å². The van der Waals surface area contributed by atoms with E-state index >= 15 is 0 Å². The van der Waals surface area contributed by atoms with Crippen molar-refractivity contribution in [2.45, 2.75) is 95.9 Å². The molecule has 0 aromatic heterocycles. The third kappa shape index (κ3) is 7.87. The first-order chi connectivity index (χ1) is 13.1. The summed E-state index contributed by atoms with van der Waals surface area (Å²) in [5, 5.41) is 10.4. The van der Waals surface area contributed by atoms with E-state index in [-0.39, 0.29) is 18.0 Å². The molecule has 5 heteroatoms. The minimum atomic E-state index is -0.774. The molecule has 0 radical (unpaired) electrons. The number of esters is 2. The highest BCUT2D eigenvalue weighted by Crippen LogP contribution is 2.28. The number of carbonyl (C=O) groups excluding carboxylic acids is 2. The molecule has 0 saturated carbocycles. The molecule has 0 saturated heterocycles. The van der Waals surface area contributed by atoms with E-state index in [9.17, 15) is 14.7 Å². The SMILES string of the molecule is CCCCCCCCCCCC(CC(O)C1C=CC(=O)O1)C1C=CC(=O)O1. The van der Waals surface area contributed by atoms with Gasteiger partial charge in [-0.25, -0.2) is 9.59 Å². The largest absolute Gasteiger partial charge is 0.455 e. The predicted octanol–water partition coefficient (Wildman–Crippen LogP) is 4.24. The third-order valence-electron chi connectivity index (χ3n) is 5.42. The summed E-state index contributed by atoms with van der Waals surface area (Å²) >= 11 is 0. The average molecular weight is 379 g/mol. The molecule has 4 atom stereocenters.